The Bertz CT molecular complexity index is 1700. The van der Waals surface area contributed by atoms with Gasteiger partial charge in [-0.2, -0.15) is 0 Å². The van der Waals surface area contributed by atoms with Crippen LogP contribution in [-0.4, -0.2) is 44.3 Å². The van der Waals surface area contributed by atoms with Gasteiger partial charge in [-0.1, -0.05) is 85.6 Å². The monoisotopic (exact) mass is 649 g/mol. The van der Waals surface area contributed by atoms with Gasteiger partial charge in [0.05, 0.1) is 10.6 Å². The van der Waals surface area contributed by atoms with E-state index in [1.807, 2.05) is 51.1 Å². The van der Waals surface area contributed by atoms with E-state index in [4.69, 9.17) is 11.6 Å². The summed E-state index contributed by atoms with van der Waals surface area (Å²) in [4.78, 5) is 29.5. The second-order valence-electron chi connectivity index (χ2n) is 11.3. The average Bonchev–Trinajstić information content (AvgIpc) is 3.01. The number of hydrogen-bond acceptors (Lipinski definition) is 4. The maximum absolute atomic E-state index is 14.4. The Labute approximate surface area is 269 Å². The highest BCUT2D eigenvalue weighted by Gasteiger charge is 2.34. The molecule has 2 amide bonds. The fraction of sp³-hybridized carbons (Fsp3) is 0.257. The standard InChI is InChI=1S/C35H37ClFN3O4S/c1-25(2)22-38-35(42)33(21-27-8-5-4-6-9-27)39(23-28-10-7-11-29(36)20-28)34(41)24-40(31-16-12-26(3)13-17-31)45(43,44)32-18-14-30(37)15-19-32/h4-20,25,33H,21-24H2,1-3H3,(H,38,42)/t33-/m1/s1. The van der Waals surface area contributed by atoms with Crippen molar-refractivity contribution in [2.75, 3.05) is 17.4 Å². The molecule has 0 unspecified atom stereocenters. The van der Waals surface area contributed by atoms with Gasteiger partial charge in [-0.05, 0) is 72.5 Å². The minimum atomic E-state index is -4.32. The van der Waals surface area contributed by atoms with E-state index in [9.17, 15) is 22.4 Å². The van der Waals surface area contributed by atoms with Gasteiger partial charge in [0.15, 0.2) is 0 Å². The number of amides is 2. The van der Waals surface area contributed by atoms with Crippen molar-refractivity contribution in [2.45, 2.75) is 44.7 Å². The molecule has 0 aliphatic rings. The van der Waals surface area contributed by atoms with Gasteiger partial charge >= 0.3 is 0 Å². The molecule has 0 saturated carbocycles. The van der Waals surface area contributed by atoms with Crippen LogP contribution in [0.2, 0.25) is 5.02 Å². The van der Waals surface area contributed by atoms with Crippen molar-refractivity contribution in [1.29, 1.82) is 0 Å². The Kier molecular flexibility index (Phi) is 11.4. The normalized spacial score (nSPS) is 12.0. The first kappa shape index (κ1) is 33.7. The van der Waals surface area contributed by atoms with Crippen LogP contribution in [0.15, 0.2) is 108 Å². The molecule has 0 heterocycles. The van der Waals surface area contributed by atoms with Crippen LogP contribution in [-0.2, 0) is 32.6 Å². The molecule has 0 saturated heterocycles. The number of anilines is 1. The maximum Gasteiger partial charge on any atom is 0.264 e. The summed E-state index contributed by atoms with van der Waals surface area (Å²) < 4.78 is 42.7. The van der Waals surface area contributed by atoms with Gasteiger partial charge < -0.3 is 10.2 Å². The molecule has 1 atom stereocenters. The Morgan fingerprint density at radius 3 is 2.13 bits per heavy atom. The number of benzene rings is 4. The van der Waals surface area contributed by atoms with E-state index in [1.54, 1.807) is 48.5 Å². The first-order chi connectivity index (χ1) is 21.4. The van der Waals surface area contributed by atoms with Crippen LogP contribution < -0.4 is 9.62 Å². The zero-order valence-corrected chi connectivity index (χ0v) is 27.1. The summed E-state index contributed by atoms with van der Waals surface area (Å²) in [5, 5.41) is 3.42. The van der Waals surface area contributed by atoms with Crippen LogP contribution in [0, 0.1) is 18.7 Å². The molecule has 0 spiro atoms. The summed E-state index contributed by atoms with van der Waals surface area (Å²) in [6.45, 7) is 5.61. The minimum absolute atomic E-state index is 0.00429. The molecule has 4 rings (SSSR count). The predicted molar refractivity (Wildman–Crippen MR) is 176 cm³/mol. The Morgan fingerprint density at radius 1 is 0.867 bits per heavy atom. The van der Waals surface area contributed by atoms with Crippen molar-refractivity contribution in [3.05, 3.63) is 131 Å². The van der Waals surface area contributed by atoms with Crippen molar-refractivity contribution < 1.29 is 22.4 Å². The molecule has 0 aromatic heterocycles. The molecule has 0 aliphatic heterocycles. The largest absolute Gasteiger partial charge is 0.354 e. The Hall–Kier alpha value is -4.21. The summed E-state index contributed by atoms with van der Waals surface area (Å²) in [6.07, 6.45) is 0.201. The van der Waals surface area contributed by atoms with E-state index in [1.165, 1.54) is 4.90 Å². The average molecular weight is 650 g/mol. The third kappa shape index (κ3) is 9.15. The van der Waals surface area contributed by atoms with Crippen LogP contribution in [0.25, 0.3) is 0 Å². The summed E-state index contributed by atoms with van der Waals surface area (Å²) in [5.41, 5.74) is 2.66. The van der Waals surface area contributed by atoms with Gasteiger partial charge in [0, 0.05) is 24.5 Å². The lowest BCUT2D eigenvalue weighted by Gasteiger charge is -2.34. The third-order valence-electron chi connectivity index (χ3n) is 7.20. The molecule has 4 aromatic rings. The number of sulfonamides is 1. The number of nitrogens with one attached hydrogen (secondary N) is 1. The molecule has 0 radical (unpaired) electrons. The lowest BCUT2D eigenvalue weighted by Crippen LogP contribution is -2.53. The van der Waals surface area contributed by atoms with Crippen LogP contribution in [0.4, 0.5) is 10.1 Å². The molecule has 1 N–H and O–H groups in total. The number of hydrogen-bond donors (Lipinski definition) is 1. The molecule has 0 bridgehead atoms. The summed E-state index contributed by atoms with van der Waals surface area (Å²) >= 11 is 6.28. The first-order valence-corrected chi connectivity index (χ1v) is 16.5. The highest BCUT2D eigenvalue weighted by molar-refractivity contribution is 7.92. The number of rotatable bonds is 13. The molecular weight excluding hydrogens is 613 g/mol. The van der Waals surface area contributed by atoms with Crippen molar-refractivity contribution >= 4 is 39.1 Å². The first-order valence-electron chi connectivity index (χ1n) is 14.6. The van der Waals surface area contributed by atoms with Gasteiger partial charge in [-0.25, -0.2) is 12.8 Å². The van der Waals surface area contributed by atoms with E-state index < -0.39 is 34.3 Å². The zero-order valence-electron chi connectivity index (χ0n) is 25.5. The van der Waals surface area contributed by atoms with E-state index in [-0.39, 0.29) is 35.4 Å². The maximum atomic E-state index is 14.4. The van der Waals surface area contributed by atoms with Gasteiger partial charge in [-0.3, -0.25) is 13.9 Å². The molecule has 4 aromatic carbocycles. The van der Waals surface area contributed by atoms with Crippen molar-refractivity contribution in [1.82, 2.24) is 10.2 Å². The highest BCUT2D eigenvalue weighted by Crippen LogP contribution is 2.26. The van der Waals surface area contributed by atoms with Gasteiger partial charge in [0.25, 0.3) is 10.0 Å². The lowest BCUT2D eigenvalue weighted by atomic mass is 10.0. The summed E-state index contributed by atoms with van der Waals surface area (Å²) in [5.74, 6) is -1.37. The molecule has 236 valence electrons. The van der Waals surface area contributed by atoms with E-state index >= 15 is 0 Å². The van der Waals surface area contributed by atoms with Crippen molar-refractivity contribution in [2.24, 2.45) is 5.92 Å². The second-order valence-corrected chi connectivity index (χ2v) is 13.6. The SMILES string of the molecule is Cc1ccc(N(CC(=O)N(Cc2cccc(Cl)c2)[C@H](Cc2ccccc2)C(=O)NCC(C)C)S(=O)(=O)c2ccc(F)cc2)cc1. The third-order valence-corrected chi connectivity index (χ3v) is 9.22. The Morgan fingerprint density at radius 2 is 1.51 bits per heavy atom. The predicted octanol–water partition coefficient (Wildman–Crippen LogP) is 6.40. The fourth-order valence-electron chi connectivity index (χ4n) is 4.78. The number of halogens is 2. The van der Waals surface area contributed by atoms with E-state index in [0.717, 1.165) is 39.7 Å². The molecular formula is C35H37ClFN3O4S. The summed E-state index contributed by atoms with van der Waals surface area (Å²) in [6, 6.07) is 26.5. The van der Waals surface area contributed by atoms with Gasteiger partial charge in [0.1, 0.15) is 18.4 Å². The van der Waals surface area contributed by atoms with Crippen molar-refractivity contribution in [3.63, 3.8) is 0 Å². The fourth-order valence-corrected chi connectivity index (χ4v) is 6.41. The molecule has 10 heteroatoms. The highest BCUT2D eigenvalue weighted by atomic mass is 35.5. The van der Waals surface area contributed by atoms with Crippen LogP contribution in [0.1, 0.15) is 30.5 Å². The second kappa shape index (κ2) is 15.2. The van der Waals surface area contributed by atoms with Gasteiger partial charge in [-0.15, -0.1) is 0 Å². The molecule has 7 nitrogen and oxygen atoms in total. The topological polar surface area (TPSA) is 86.8 Å². The quantitative estimate of drug-likeness (QED) is 0.182. The number of nitrogens with zero attached hydrogens (tertiary/aromatic N) is 2. The van der Waals surface area contributed by atoms with Crippen LogP contribution in [0.5, 0.6) is 0 Å². The zero-order chi connectivity index (χ0) is 32.6. The van der Waals surface area contributed by atoms with Crippen LogP contribution >= 0.6 is 11.6 Å². The smallest absolute Gasteiger partial charge is 0.264 e. The summed E-state index contributed by atoms with van der Waals surface area (Å²) in [7, 11) is -4.32. The van der Waals surface area contributed by atoms with Crippen LogP contribution in [0.3, 0.4) is 0 Å². The van der Waals surface area contributed by atoms with Crippen molar-refractivity contribution in [3.8, 4) is 0 Å². The van der Waals surface area contributed by atoms with E-state index in [2.05, 4.69) is 5.32 Å². The Balaban J connectivity index is 1.79. The molecule has 0 fully saturated rings. The number of carbonyl (C=O) groups excluding carboxylic acids is 2. The molecule has 0 aliphatic carbocycles. The van der Waals surface area contributed by atoms with E-state index in [0.29, 0.717) is 17.1 Å². The number of carbonyl (C=O) groups is 2. The molecule has 45 heavy (non-hydrogen) atoms. The lowest BCUT2D eigenvalue weighted by molar-refractivity contribution is -0.140. The number of aryl methyl sites for hydroxylation is 1. The minimum Gasteiger partial charge on any atom is -0.354 e. The van der Waals surface area contributed by atoms with Gasteiger partial charge in [0.2, 0.25) is 11.8 Å².